The minimum absolute atomic E-state index is 0.256. The summed E-state index contributed by atoms with van der Waals surface area (Å²) in [7, 11) is 1.98. The van der Waals surface area contributed by atoms with Crippen molar-refractivity contribution in [3.8, 4) is 0 Å². The third kappa shape index (κ3) is 2.18. The molecule has 2 heterocycles. The van der Waals surface area contributed by atoms with E-state index in [-0.39, 0.29) is 6.04 Å². The number of hydrogen-bond acceptors (Lipinski definition) is 4. The Morgan fingerprint density at radius 1 is 1.47 bits per heavy atom. The molecule has 0 spiro atoms. The van der Waals surface area contributed by atoms with Gasteiger partial charge in [-0.15, -0.1) is 11.3 Å². The molecular weight excluding hydrogens is 208 g/mol. The Bertz CT molecular complexity index is 407. The van der Waals surface area contributed by atoms with Crippen molar-refractivity contribution in [1.82, 2.24) is 14.5 Å². The van der Waals surface area contributed by atoms with Gasteiger partial charge in [0.1, 0.15) is 5.01 Å². The zero-order valence-corrected chi connectivity index (χ0v) is 9.66. The van der Waals surface area contributed by atoms with Crippen molar-refractivity contribution in [1.29, 1.82) is 0 Å². The summed E-state index contributed by atoms with van der Waals surface area (Å²) in [6, 6.07) is 0.256. The molecule has 2 aromatic heterocycles. The Morgan fingerprint density at radius 2 is 2.33 bits per heavy atom. The highest BCUT2D eigenvalue weighted by molar-refractivity contribution is 7.09. The summed E-state index contributed by atoms with van der Waals surface area (Å²) < 4.78 is 1.97. The number of anilines is 1. The van der Waals surface area contributed by atoms with E-state index < -0.39 is 0 Å². The van der Waals surface area contributed by atoms with Gasteiger partial charge in [-0.2, -0.15) is 0 Å². The largest absolute Gasteiger partial charge is 0.346 e. The van der Waals surface area contributed by atoms with Gasteiger partial charge in [0.2, 0.25) is 5.95 Å². The second-order valence-electron chi connectivity index (χ2n) is 3.34. The average molecular weight is 222 g/mol. The molecule has 0 saturated heterocycles. The van der Waals surface area contributed by atoms with Crippen LogP contribution in [0, 0.1) is 0 Å². The average Bonchev–Trinajstić information content (AvgIpc) is 2.86. The topological polar surface area (TPSA) is 42.7 Å². The SMILES string of the molecule is CCC(Nc1nccn1C)c1nccs1. The second kappa shape index (κ2) is 4.44. The number of imidazole rings is 1. The zero-order chi connectivity index (χ0) is 10.7. The predicted molar refractivity (Wildman–Crippen MR) is 62.0 cm³/mol. The Morgan fingerprint density at radius 3 is 2.87 bits per heavy atom. The highest BCUT2D eigenvalue weighted by atomic mass is 32.1. The van der Waals surface area contributed by atoms with Crippen LogP contribution < -0.4 is 5.32 Å². The van der Waals surface area contributed by atoms with Crippen molar-refractivity contribution in [2.24, 2.45) is 7.05 Å². The van der Waals surface area contributed by atoms with Gasteiger partial charge in [-0.05, 0) is 6.42 Å². The lowest BCUT2D eigenvalue weighted by Crippen LogP contribution is -2.12. The molecule has 0 fully saturated rings. The standard InChI is InChI=1S/C10H14N4S/c1-3-8(9-11-5-7-15-9)13-10-12-4-6-14(10)2/h4-8H,3H2,1-2H3,(H,12,13). The van der Waals surface area contributed by atoms with Crippen LogP contribution in [0.3, 0.4) is 0 Å². The molecule has 5 heteroatoms. The maximum absolute atomic E-state index is 4.32. The van der Waals surface area contributed by atoms with Crippen LogP contribution in [-0.4, -0.2) is 14.5 Å². The van der Waals surface area contributed by atoms with E-state index in [0.717, 1.165) is 17.4 Å². The van der Waals surface area contributed by atoms with Crippen molar-refractivity contribution < 1.29 is 0 Å². The van der Waals surface area contributed by atoms with Crippen molar-refractivity contribution >= 4 is 17.3 Å². The highest BCUT2D eigenvalue weighted by Gasteiger charge is 2.13. The normalized spacial score (nSPS) is 12.7. The smallest absolute Gasteiger partial charge is 0.203 e. The van der Waals surface area contributed by atoms with Crippen molar-refractivity contribution in [3.05, 3.63) is 29.0 Å². The van der Waals surface area contributed by atoms with Gasteiger partial charge >= 0.3 is 0 Å². The Kier molecular flexibility index (Phi) is 3.01. The summed E-state index contributed by atoms with van der Waals surface area (Å²) in [5.74, 6) is 0.886. The van der Waals surface area contributed by atoms with E-state index >= 15 is 0 Å². The van der Waals surface area contributed by atoms with Gasteiger partial charge in [0.05, 0.1) is 6.04 Å². The molecule has 15 heavy (non-hydrogen) atoms. The fourth-order valence-corrected chi connectivity index (χ4v) is 2.18. The van der Waals surface area contributed by atoms with Crippen LogP contribution in [0.25, 0.3) is 0 Å². The molecule has 2 aromatic rings. The number of aryl methyl sites for hydroxylation is 1. The van der Waals surface area contributed by atoms with Crippen LogP contribution in [0.1, 0.15) is 24.4 Å². The molecule has 1 unspecified atom stereocenters. The summed E-state index contributed by atoms with van der Waals surface area (Å²) in [6.07, 6.45) is 6.55. The van der Waals surface area contributed by atoms with E-state index in [1.165, 1.54) is 0 Å². The number of thiazole rings is 1. The molecule has 0 bridgehead atoms. The van der Waals surface area contributed by atoms with Gasteiger partial charge in [0, 0.05) is 31.0 Å². The Hall–Kier alpha value is -1.36. The summed E-state index contributed by atoms with van der Waals surface area (Å²) in [4.78, 5) is 8.56. The minimum Gasteiger partial charge on any atom is -0.346 e. The van der Waals surface area contributed by atoms with E-state index in [2.05, 4.69) is 22.2 Å². The van der Waals surface area contributed by atoms with Gasteiger partial charge in [-0.1, -0.05) is 6.92 Å². The molecular formula is C10H14N4S. The third-order valence-corrected chi connectivity index (χ3v) is 3.17. The van der Waals surface area contributed by atoms with Crippen molar-refractivity contribution in [3.63, 3.8) is 0 Å². The molecule has 80 valence electrons. The molecule has 0 saturated carbocycles. The van der Waals surface area contributed by atoms with Crippen LogP contribution in [0.4, 0.5) is 5.95 Å². The first-order chi connectivity index (χ1) is 7.31. The number of nitrogens with one attached hydrogen (secondary N) is 1. The summed E-state index contributed by atoms with van der Waals surface area (Å²) in [6.45, 7) is 2.14. The molecule has 4 nitrogen and oxygen atoms in total. The lowest BCUT2D eigenvalue weighted by molar-refractivity contribution is 0.721. The molecule has 0 aliphatic rings. The first-order valence-electron chi connectivity index (χ1n) is 4.94. The highest BCUT2D eigenvalue weighted by Crippen LogP contribution is 2.22. The molecule has 1 N–H and O–H groups in total. The maximum Gasteiger partial charge on any atom is 0.203 e. The molecule has 0 aromatic carbocycles. The molecule has 2 rings (SSSR count). The van der Waals surface area contributed by atoms with E-state index in [1.54, 1.807) is 17.5 Å². The molecule has 0 amide bonds. The number of rotatable bonds is 4. The molecule has 0 aliphatic heterocycles. The minimum atomic E-state index is 0.256. The number of nitrogens with zero attached hydrogens (tertiary/aromatic N) is 3. The fraction of sp³-hybridized carbons (Fsp3) is 0.400. The number of aromatic nitrogens is 3. The summed E-state index contributed by atoms with van der Waals surface area (Å²) >= 11 is 1.67. The fourth-order valence-electron chi connectivity index (χ4n) is 1.41. The van der Waals surface area contributed by atoms with Crippen LogP contribution in [0.2, 0.25) is 0 Å². The lowest BCUT2D eigenvalue weighted by atomic mass is 10.2. The first kappa shape index (κ1) is 10.2. The number of hydrogen-bond donors (Lipinski definition) is 1. The maximum atomic E-state index is 4.32. The van der Waals surface area contributed by atoms with Gasteiger partial charge in [0.25, 0.3) is 0 Å². The van der Waals surface area contributed by atoms with Gasteiger partial charge in [-0.3, -0.25) is 0 Å². The molecule has 0 aliphatic carbocycles. The third-order valence-electron chi connectivity index (χ3n) is 2.28. The van der Waals surface area contributed by atoms with Crippen LogP contribution in [0.15, 0.2) is 24.0 Å². The van der Waals surface area contributed by atoms with Gasteiger partial charge in [0.15, 0.2) is 0 Å². The molecule has 0 radical (unpaired) electrons. The van der Waals surface area contributed by atoms with E-state index in [0.29, 0.717) is 0 Å². The summed E-state index contributed by atoms with van der Waals surface area (Å²) in [5, 5.41) is 6.49. The van der Waals surface area contributed by atoms with Crippen molar-refractivity contribution in [2.75, 3.05) is 5.32 Å². The van der Waals surface area contributed by atoms with E-state index in [9.17, 15) is 0 Å². The zero-order valence-electron chi connectivity index (χ0n) is 8.84. The van der Waals surface area contributed by atoms with E-state index in [4.69, 9.17) is 0 Å². The monoisotopic (exact) mass is 222 g/mol. The van der Waals surface area contributed by atoms with E-state index in [1.807, 2.05) is 29.4 Å². The summed E-state index contributed by atoms with van der Waals surface area (Å²) in [5.41, 5.74) is 0. The second-order valence-corrected chi connectivity index (χ2v) is 4.26. The van der Waals surface area contributed by atoms with Crippen LogP contribution in [-0.2, 0) is 7.05 Å². The lowest BCUT2D eigenvalue weighted by Gasteiger charge is -2.14. The van der Waals surface area contributed by atoms with Gasteiger partial charge < -0.3 is 9.88 Å². The molecule has 1 atom stereocenters. The predicted octanol–water partition coefficient (Wildman–Crippen LogP) is 2.44. The van der Waals surface area contributed by atoms with Crippen molar-refractivity contribution in [2.45, 2.75) is 19.4 Å². The van der Waals surface area contributed by atoms with Crippen LogP contribution >= 0.6 is 11.3 Å². The Balaban J connectivity index is 2.13. The Labute approximate surface area is 93.0 Å². The quantitative estimate of drug-likeness (QED) is 0.864. The van der Waals surface area contributed by atoms with Gasteiger partial charge in [-0.25, -0.2) is 9.97 Å². The van der Waals surface area contributed by atoms with Crippen LogP contribution in [0.5, 0.6) is 0 Å². The first-order valence-corrected chi connectivity index (χ1v) is 5.82.